The molecule has 216 valence electrons. The monoisotopic (exact) mass is 572 g/mol. The summed E-state index contributed by atoms with van der Waals surface area (Å²) in [5.41, 5.74) is 3.21. The van der Waals surface area contributed by atoms with Crippen molar-refractivity contribution in [2.75, 3.05) is 23.3 Å². The number of carbonyl (C=O) groups is 1. The van der Waals surface area contributed by atoms with Gasteiger partial charge in [-0.1, -0.05) is 60.7 Å². The Morgan fingerprint density at radius 3 is 1.98 bits per heavy atom. The Balaban J connectivity index is 1.27. The molecular weight excluding hydrogens is 541 g/mol. The van der Waals surface area contributed by atoms with Crippen molar-refractivity contribution < 1.29 is 18.0 Å². The molecule has 4 heterocycles. The van der Waals surface area contributed by atoms with Gasteiger partial charge in [-0.25, -0.2) is 14.6 Å². The van der Waals surface area contributed by atoms with Crippen LogP contribution in [0.15, 0.2) is 73.1 Å². The number of nitrogens with one attached hydrogen (secondary N) is 1. The van der Waals surface area contributed by atoms with Crippen LogP contribution < -0.4 is 10.2 Å². The topological polar surface area (TPSA) is 75.9 Å². The average molecular weight is 573 g/mol. The Kier molecular flexibility index (Phi) is 6.71. The number of amides is 1. The first-order valence-corrected chi connectivity index (χ1v) is 14.5. The number of aromatic nitrogens is 4. The zero-order valence-corrected chi connectivity index (χ0v) is 23.0. The van der Waals surface area contributed by atoms with Crippen LogP contribution in [0.4, 0.5) is 24.7 Å². The fourth-order valence-corrected chi connectivity index (χ4v) is 6.37. The summed E-state index contributed by atoms with van der Waals surface area (Å²) in [4.78, 5) is 24.0. The molecule has 3 aliphatic rings. The van der Waals surface area contributed by atoms with E-state index in [1.165, 1.54) is 0 Å². The van der Waals surface area contributed by atoms with Crippen molar-refractivity contribution >= 4 is 17.4 Å². The zero-order chi connectivity index (χ0) is 28.8. The molecule has 2 aromatic carbocycles. The lowest BCUT2D eigenvalue weighted by Crippen LogP contribution is -2.35. The van der Waals surface area contributed by atoms with E-state index in [1.54, 1.807) is 4.68 Å². The average Bonchev–Trinajstić information content (AvgIpc) is 3.80. The maximum Gasteiger partial charge on any atom is 0.396 e. The molecule has 4 aromatic rings. The molecule has 10 heteroatoms. The Bertz CT molecular complexity index is 1520. The quantitative estimate of drug-likeness (QED) is 0.283. The van der Waals surface area contributed by atoms with Gasteiger partial charge >= 0.3 is 6.18 Å². The van der Waals surface area contributed by atoms with Crippen LogP contribution in [0, 0.1) is 0 Å². The Morgan fingerprint density at radius 1 is 0.833 bits per heavy atom. The highest BCUT2D eigenvalue weighted by atomic mass is 19.4. The number of halogens is 3. The van der Waals surface area contributed by atoms with Crippen molar-refractivity contribution in [2.45, 2.75) is 62.1 Å². The van der Waals surface area contributed by atoms with E-state index in [1.807, 2.05) is 73.1 Å². The number of hydrogen-bond acceptors (Lipinski definition) is 5. The molecule has 1 N–H and O–H groups in total. The van der Waals surface area contributed by atoms with Gasteiger partial charge in [-0.2, -0.15) is 18.3 Å². The fourth-order valence-electron chi connectivity index (χ4n) is 6.37. The van der Waals surface area contributed by atoms with Crippen LogP contribution in [0.5, 0.6) is 0 Å². The third kappa shape index (κ3) is 5.03. The van der Waals surface area contributed by atoms with Gasteiger partial charge in [-0.05, 0) is 36.8 Å². The van der Waals surface area contributed by atoms with Gasteiger partial charge in [0.15, 0.2) is 0 Å². The first-order chi connectivity index (χ1) is 20.4. The molecule has 2 aliphatic heterocycles. The Morgan fingerprint density at radius 2 is 1.43 bits per heavy atom. The standard InChI is InChI=1S/C32H31F3N6O/c33-32(34,35)25-17-26(42)38-31-27(25)28(20-13-15-40(16-14-20)24-18-36-30(37-19-24)23-11-12-23)39-41(31)29(21-7-3-1-4-8-21)22-9-5-2-6-10-22/h1-10,18-20,23,25,29H,11-17H2,(H,38,42). The molecule has 7 rings (SSSR count). The number of nitrogens with zero attached hydrogens (tertiary/aromatic N) is 5. The number of anilines is 2. The van der Waals surface area contributed by atoms with Gasteiger partial charge in [0, 0.05) is 36.9 Å². The van der Waals surface area contributed by atoms with E-state index in [9.17, 15) is 18.0 Å². The van der Waals surface area contributed by atoms with Crippen LogP contribution in [0.3, 0.4) is 0 Å². The van der Waals surface area contributed by atoms with E-state index in [0.29, 0.717) is 37.5 Å². The minimum atomic E-state index is -4.58. The largest absolute Gasteiger partial charge is 0.396 e. The van der Waals surface area contributed by atoms with Crippen LogP contribution >= 0.6 is 0 Å². The molecule has 0 spiro atoms. The molecule has 7 nitrogen and oxygen atoms in total. The SMILES string of the molecule is O=C1CC(C(F)(F)F)c2c(C3CCN(c4cnc(C5CC5)nc4)CC3)nn(C(c3ccccc3)c3ccccc3)c2N1. The van der Waals surface area contributed by atoms with E-state index >= 15 is 0 Å². The smallest absolute Gasteiger partial charge is 0.369 e. The number of benzene rings is 2. The number of fused-ring (bicyclic) bond motifs is 1. The van der Waals surface area contributed by atoms with Crippen molar-refractivity contribution in [3.8, 4) is 0 Å². The Hall–Kier alpha value is -4.21. The third-order valence-electron chi connectivity index (χ3n) is 8.69. The van der Waals surface area contributed by atoms with Gasteiger partial charge in [0.05, 0.1) is 29.7 Å². The summed E-state index contributed by atoms with van der Waals surface area (Å²) in [7, 11) is 0. The highest BCUT2D eigenvalue weighted by Crippen LogP contribution is 2.49. The van der Waals surface area contributed by atoms with E-state index in [0.717, 1.165) is 35.5 Å². The first-order valence-electron chi connectivity index (χ1n) is 14.5. The molecule has 1 saturated carbocycles. The summed E-state index contributed by atoms with van der Waals surface area (Å²) in [5.74, 6) is -1.23. The van der Waals surface area contributed by atoms with Gasteiger partial charge in [-0.15, -0.1) is 0 Å². The number of carbonyl (C=O) groups excluding carboxylic acids is 1. The highest BCUT2D eigenvalue weighted by molar-refractivity contribution is 5.94. The number of hydrogen-bond donors (Lipinski definition) is 1. The molecule has 2 fully saturated rings. The maximum absolute atomic E-state index is 14.5. The molecule has 1 atom stereocenters. The Labute approximate surface area is 241 Å². The molecule has 0 radical (unpaired) electrons. The predicted octanol–water partition coefficient (Wildman–Crippen LogP) is 6.56. The zero-order valence-electron chi connectivity index (χ0n) is 23.0. The maximum atomic E-state index is 14.5. The lowest BCUT2D eigenvalue weighted by molar-refractivity contribution is -0.157. The summed E-state index contributed by atoms with van der Waals surface area (Å²) in [6.45, 7) is 1.31. The molecule has 1 aliphatic carbocycles. The first kappa shape index (κ1) is 26.7. The molecule has 1 amide bonds. The molecular formula is C32H31F3N6O. The van der Waals surface area contributed by atoms with Crippen molar-refractivity contribution in [1.82, 2.24) is 19.7 Å². The molecule has 1 saturated heterocycles. The van der Waals surface area contributed by atoms with Crippen molar-refractivity contribution in [2.24, 2.45) is 0 Å². The van der Waals surface area contributed by atoms with E-state index in [-0.39, 0.29) is 17.3 Å². The molecule has 1 unspecified atom stereocenters. The van der Waals surface area contributed by atoms with Crippen LogP contribution in [0.2, 0.25) is 0 Å². The third-order valence-corrected chi connectivity index (χ3v) is 8.69. The van der Waals surface area contributed by atoms with Crippen LogP contribution in [0.1, 0.15) is 84.1 Å². The van der Waals surface area contributed by atoms with E-state index in [4.69, 9.17) is 5.10 Å². The second-order valence-corrected chi connectivity index (χ2v) is 11.5. The van der Waals surface area contributed by atoms with Crippen LogP contribution in [0.25, 0.3) is 0 Å². The van der Waals surface area contributed by atoms with Gasteiger partial charge in [0.25, 0.3) is 0 Å². The summed E-state index contributed by atoms with van der Waals surface area (Å²) in [6, 6.07) is 18.6. The van der Waals surface area contributed by atoms with Gasteiger partial charge < -0.3 is 10.2 Å². The molecule has 42 heavy (non-hydrogen) atoms. The lowest BCUT2D eigenvalue weighted by Gasteiger charge is -2.34. The van der Waals surface area contributed by atoms with Crippen LogP contribution in [-0.2, 0) is 4.79 Å². The highest BCUT2D eigenvalue weighted by Gasteiger charge is 2.49. The number of alkyl halides is 3. The van der Waals surface area contributed by atoms with Gasteiger partial charge in [0.1, 0.15) is 17.7 Å². The lowest BCUT2D eigenvalue weighted by atomic mass is 9.84. The normalized spacial score (nSPS) is 19.6. The molecule has 0 bridgehead atoms. The van der Waals surface area contributed by atoms with Crippen molar-refractivity contribution in [3.05, 3.63) is 101 Å². The molecule has 2 aromatic heterocycles. The summed E-state index contributed by atoms with van der Waals surface area (Å²) < 4.78 is 45.2. The second-order valence-electron chi connectivity index (χ2n) is 11.5. The minimum Gasteiger partial charge on any atom is -0.369 e. The minimum absolute atomic E-state index is 0.106. The van der Waals surface area contributed by atoms with E-state index < -0.39 is 30.5 Å². The van der Waals surface area contributed by atoms with Crippen LogP contribution in [-0.4, -0.2) is 44.9 Å². The van der Waals surface area contributed by atoms with Crippen molar-refractivity contribution in [1.29, 1.82) is 0 Å². The predicted molar refractivity (Wildman–Crippen MR) is 153 cm³/mol. The number of piperidine rings is 1. The second kappa shape index (κ2) is 10.6. The number of rotatable bonds is 6. The van der Waals surface area contributed by atoms with Gasteiger partial charge in [-0.3, -0.25) is 4.79 Å². The van der Waals surface area contributed by atoms with Gasteiger partial charge in [0.2, 0.25) is 5.91 Å². The fraction of sp³-hybridized carbons (Fsp3) is 0.375. The summed E-state index contributed by atoms with van der Waals surface area (Å²) in [6.07, 6.45) is 2.04. The van der Waals surface area contributed by atoms with E-state index in [2.05, 4.69) is 20.2 Å². The summed E-state index contributed by atoms with van der Waals surface area (Å²) >= 11 is 0. The van der Waals surface area contributed by atoms with Crippen molar-refractivity contribution in [3.63, 3.8) is 0 Å². The summed E-state index contributed by atoms with van der Waals surface area (Å²) in [5, 5.41) is 7.76.